The highest BCUT2D eigenvalue weighted by Gasteiger charge is 2.18. The van der Waals surface area contributed by atoms with Crippen LogP contribution in [0.25, 0.3) is 0 Å². The molecule has 0 radical (unpaired) electrons. The second-order valence-corrected chi connectivity index (χ2v) is 5.81. The third-order valence-electron chi connectivity index (χ3n) is 3.96. The standard InChI is InChI=1S/C16H26N2/c1-17(2)13-14-9-11-16(12-10-14)18(3)15-7-5-4-6-8-15/h9-12,15H,4-8,13H2,1-3H3. The van der Waals surface area contributed by atoms with Crippen LogP contribution in [0.15, 0.2) is 24.3 Å². The van der Waals surface area contributed by atoms with Crippen molar-refractivity contribution in [3.8, 4) is 0 Å². The van der Waals surface area contributed by atoms with E-state index in [1.54, 1.807) is 0 Å². The first-order valence-electron chi connectivity index (χ1n) is 7.13. The molecule has 1 aliphatic rings. The largest absolute Gasteiger partial charge is 0.372 e. The van der Waals surface area contributed by atoms with Crippen molar-refractivity contribution in [3.63, 3.8) is 0 Å². The molecule has 0 bridgehead atoms. The minimum Gasteiger partial charge on any atom is -0.372 e. The van der Waals surface area contributed by atoms with Gasteiger partial charge in [-0.25, -0.2) is 0 Å². The van der Waals surface area contributed by atoms with E-state index in [2.05, 4.69) is 55.2 Å². The second kappa shape index (κ2) is 6.24. The third kappa shape index (κ3) is 3.49. The molecule has 0 unspecified atom stereocenters. The Bertz CT molecular complexity index is 350. The molecular formula is C16H26N2. The van der Waals surface area contributed by atoms with E-state index in [0.717, 1.165) is 12.6 Å². The summed E-state index contributed by atoms with van der Waals surface area (Å²) in [7, 11) is 6.47. The molecule has 2 heteroatoms. The summed E-state index contributed by atoms with van der Waals surface area (Å²) in [6.45, 7) is 1.02. The lowest BCUT2D eigenvalue weighted by Gasteiger charge is -2.33. The molecule has 0 spiro atoms. The van der Waals surface area contributed by atoms with Crippen molar-refractivity contribution < 1.29 is 0 Å². The first kappa shape index (κ1) is 13.4. The zero-order valence-corrected chi connectivity index (χ0v) is 12.0. The molecule has 2 rings (SSSR count). The molecule has 1 fully saturated rings. The molecule has 0 saturated heterocycles. The van der Waals surface area contributed by atoms with Crippen LogP contribution in [-0.4, -0.2) is 32.1 Å². The maximum Gasteiger partial charge on any atom is 0.0366 e. The van der Waals surface area contributed by atoms with E-state index in [0.29, 0.717) is 0 Å². The van der Waals surface area contributed by atoms with Crippen molar-refractivity contribution in [2.45, 2.75) is 44.7 Å². The minimum absolute atomic E-state index is 0.749. The number of rotatable bonds is 4. The molecule has 0 aromatic heterocycles. The Morgan fingerprint density at radius 1 is 0.944 bits per heavy atom. The summed E-state index contributed by atoms with van der Waals surface area (Å²) in [6, 6.07) is 9.81. The monoisotopic (exact) mass is 246 g/mol. The molecule has 1 aromatic rings. The van der Waals surface area contributed by atoms with Crippen molar-refractivity contribution in [2.24, 2.45) is 0 Å². The van der Waals surface area contributed by atoms with Crippen molar-refractivity contribution >= 4 is 5.69 Å². The average Bonchev–Trinajstić information content (AvgIpc) is 2.39. The van der Waals surface area contributed by atoms with Gasteiger partial charge in [0.25, 0.3) is 0 Å². The molecule has 0 amide bonds. The number of anilines is 1. The van der Waals surface area contributed by atoms with Gasteiger partial charge >= 0.3 is 0 Å². The van der Waals surface area contributed by atoms with Crippen LogP contribution in [0, 0.1) is 0 Å². The predicted molar refractivity (Wildman–Crippen MR) is 79.1 cm³/mol. The Hall–Kier alpha value is -1.02. The molecule has 0 N–H and O–H groups in total. The first-order chi connectivity index (χ1) is 8.66. The van der Waals surface area contributed by atoms with Crippen LogP contribution in [0.1, 0.15) is 37.7 Å². The van der Waals surface area contributed by atoms with E-state index in [1.165, 1.54) is 43.4 Å². The van der Waals surface area contributed by atoms with Gasteiger partial charge in [-0.1, -0.05) is 31.4 Å². The van der Waals surface area contributed by atoms with E-state index in [4.69, 9.17) is 0 Å². The Morgan fingerprint density at radius 3 is 2.11 bits per heavy atom. The first-order valence-corrected chi connectivity index (χ1v) is 7.13. The summed E-state index contributed by atoms with van der Waals surface area (Å²) < 4.78 is 0. The summed E-state index contributed by atoms with van der Waals surface area (Å²) in [5.74, 6) is 0. The highest BCUT2D eigenvalue weighted by atomic mass is 15.1. The molecule has 100 valence electrons. The lowest BCUT2D eigenvalue weighted by atomic mass is 9.94. The fourth-order valence-corrected chi connectivity index (χ4v) is 2.88. The predicted octanol–water partition coefficient (Wildman–Crippen LogP) is 3.52. The van der Waals surface area contributed by atoms with Crippen LogP contribution in [0.4, 0.5) is 5.69 Å². The quantitative estimate of drug-likeness (QED) is 0.802. The maximum absolute atomic E-state index is 2.47. The molecule has 1 saturated carbocycles. The van der Waals surface area contributed by atoms with Crippen LogP contribution < -0.4 is 4.90 Å². The number of hydrogen-bond acceptors (Lipinski definition) is 2. The molecule has 1 aromatic carbocycles. The Kier molecular flexibility index (Phi) is 4.65. The van der Waals surface area contributed by atoms with Gasteiger partial charge in [0.15, 0.2) is 0 Å². The van der Waals surface area contributed by atoms with Crippen LogP contribution in [0.3, 0.4) is 0 Å². The van der Waals surface area contributed by atoms with Crippen molar-refractivity contribution in [1.29, 1.82) is 0 Å². The normalized spacial score (nSPS) is 17.1. The zero-order chi connectivity index (χ0) is 13.0. The molecular weight excluding hydrogens is 220 g/mol. The van der Waals surface area contributed by atoms with Crippen LogP contribution in [0.2, 0.25) is 0 Å². The molecule has 0 aliphatic heterocycles. The smallest absolute Gasteiger partial charge is 0.0366 e. The zero-order valence-electron chi connectivity index (χ0n) is 12.0. The van der Waals surface area contributed by atoms with Crippen molar-refractivity contribution in [1.82, 2.24) is 4.90 Å². The molecule has 18 heavy (non-hydrogen) atoms. The van der Waals surface area contributed by atoms with Gasteiger partial charge in [-0.3, -0.25) is 0 Å². The van der Waals surface area contributed by atoms with Gasteiger partial charge in [0.05, 0.1) is 0 Å². The number of benzene rings is 1. The Morgan fingerprint density at radius 2 is 1.56 bits per heavy atom. The SMILES string of the molecule is CN(C)Cc1ccc(N(C)C2CCCCC2)cc1. The summed E-state index contributed by atoms with van der Waals surface area (Å²) in [5.41, 5.74) is 2.75. The Balaban J connectivity index is 1.99. The van der Waals surface area contributed by atoms with Crippen molar-refractivity contribution in [3.05, 3.63) is 29.8 Å². The number of nitrogens with zero attached hydrogens (tertiary/aromatic N) is 2. The summed E-state index contributed by atoms with van der Waals surface area (Å²) in [4.78, 5) is 4.68. The van der Waals surface area contributed by atoms with E-state index >= 15 is 0 Å². The van der Waals surface area contributed by atoms with E-state index in [-0.39, 0.29) is 0 Å². The van der Waals surface area contributed by atoms with Crippen LogP contribution in [-0.2, 0) is 6.54 Å². The lowest BCUT2D eigenvalue weighted by molar-refractivity contribution is 0.402. The van der Waals surface area contributed by atoms with Gasteiger partial charge in [-0.15, -0.1) is 0 Å². The number of hydrogen-bond donors (Lipinski definition) is 0. The molecule has 2 nitrogen and oxygen atoms in total. The second-order valence-electron chi connectivity index (χ2n) is 5.81. The van der Waals surface area contributed by atoms with Gasteiger partial charge in [-0.2, -0.15) is 0 Å². The molecule has 1 aliphatic carbocycles. The summed E-state index contributed by atoms with van der Waals surface area (Å²) >= 11 is 0. The van der Waals surface area contributed by atoms with Gasteiger partial charge in [0.2, 0.25) is 0 Å². The van der Waals surface area contributed by atoms with Gasteiger partial charge in [-0.05, 0) is 44.6 Å². The summed E-state index contributed by atoms with van der Waals surface area (Å²) in [5, 5.41) is 0. The Labute approximate surface area is 112 Å². The van der Waals surface area contributed by atoms with E-state index in [9.17, 15) is 0 Å². The van der Waals surface area contributed by atoms with Gasteiger partial charge in [0, 0.05) is 25.3 Å². The topological polar surface area (TPSA) is 6.48 Å². The van der Waals surface area contributed by atoms with Crippen LogP contribution >= 0.6 is 0 Å². The third-order valence-corrected chi connectivity index (χ3v) is 3.96. The van der Waals surface area contributed by atoms with Crippen LogP contribution in [0.5, 0.6) is 0 Å². The highest BCUT2D eigenvalue weighted by molar-refractivity contribution is 5.47. The van der Waals surface area contributed by atoms with E-state index in [1.807, 2.05) is 0 Å². The summed E-state index contributed by atoms with van der Waals surface area (Å²) in [6.07, 6.45) is 6.93. The van der Waals surface area contributed by atoms with Crippen molar-refractivity contribution in [2.75, 3.05) is 26.0 Å². The highest BCUT2D eigenvalue weighted by Crippen LogP contribution is 2.26. The fourth-order valence-electron chi connectivity index (χ4n) is 2.88. The molecule has 0 heterocycles. The lowest BCUT2D eigenvalue weighted by Crippen LogP contribution is -2.33. The van der Waals surface area contributed by atoms with E-state index < -0.39 is 0 Å². The maximum atomic E-state index is 2.47. The van der Waals surface area contributed by atoms with Gasteiger partial charge < -0.3 is 9.80 Å². The minimum atomic E-state index is 0.749. The molecule has 0 atom stereocenters. The van der Waals surface area contributed by atoms with Gasteiger partial charge in [0.1, 0.15) is 0 Å². The average molecular weight is 246 g/mol. The fraction of sp³-hybridized carbons (Fsp3) is 0.625.